The lowest BCUT2D eigenvalue weighted by Crippen LogP contribution is -2.52. The minimum atomic E-state index is -1.06. The second-order valence-corrected chi connectivity index (χ2v) is 6.15. The van der Waals surface area contributed by atoms with Crippen LogP contribution in [0.1, 0.15) is 30.1 Å². The molecule has 2 heterocycles. The molecule has 1 aliphatic heterocycles. The quantitative estimate of drug-likeness (QED) is 0.894. The summed E-state index contributed by atoms with van der Waals surface area (Å²) in [6.45, 7) is 2.34. The molecule has 0 radical (unpaired) electrons. The number of benzene rings is 1. The molecule has 2 atom stereocenters. The molecule has 1 aromatic carbocycles. The minimum Gasteiger partial charge on any atom is -0.465 e. The Hall–Kier alpha value is -2.96. The number of hydrogen-bond donors (Lipinski definition) is 2. The molecule has 2 amide bonds. The number of piperidine rings is 1. The summed E-state index contributed by atoms with van der Waals surface area (Å²) in [7, 11) is 0. The van der Waals surface area contributed by atoms with Crippen LogP contribution in [0.4, 0.5) is 4.79 Å². The minimum absolute atomic E-state index is 0.0455. The van der Waals surface area contributed by atoms with Crippen LogP contribution in [0.3, 0.4) is 0 Å². The molecular weight excluding hydrogens is 320 g/mol. The van der Waals surface area contributed by atoms with E-state index in [1.54, 1.807) is 35.5 Å². The van der Waals surface area contributed by atoms with Gasteiger partial charge in [-0.3, -0.25) is 4.79 Å². The van der Waals surface area contributed by atoms with Crippen LogP contribution in [0.15, 0.2) is 42.7 Å². The summed E-state index contributed by atoms with van der Waals surface area (Å²) in [6.07, 6.45) is 3.69. The number of nitrogens with one attached hydrogen (secondary N) is 1. The molecule has 0 bridgehead atoms. The Morgan fingerprint density at radius 3 is 2.60 bits per heavy atom. The zero-order valence-corrected chi connectivity index (χ0v) is 13.9. The van der Waals surface area contributed by atoms with Gasteiger partial charge in [0.25, 0.3) is 5.91 Å². The number of carboxylic acid groups (broad SMARTS) is 1. The van der Waals surface area contributed by atoms with Crippen molar-refractivity contribution in [3.05, 3.63) is 48.3 Å². The van der Waals surface area contributed by atoms with Crippen LogP contribution >= 0.6 is 0 Å². The Bertz CT molecular complexity index is 766. The lowest BCUT2D eigenvalue weighted by molar-refractivity contribution is 0.0590. The molecule has 2 aromatic rings. The normalized spacial score (nSPS) is 20.1. The van der Waals surface area contributed by atoms with Crippen molar-refractivity contribution in [1.82, 2.24) is 20.2 Å². The maximum Gasteiger partial charge on any atom is 0.404 e. The van der Waals surface area contributed by atoms with E-state index in [0.717, 1.165) is 12.8 Å². The summed E-state index contributed by atoms with van der Waals surface area (Å²) in [4.78, 5) is 34.2. The molecule has 1 aromatic heterocycles. The van der Waals surface area contributed by atoms with E-state index in [2.05, 4.69) is 15.3 Å². The lowest BCUT2D eigenvalue weighted by Gasteiger charge is -2.38. The Morgan fingerprint density at radius 1 is 1.16 bits per heavy atom. The Labute approximate surface area is 145 Å². The first-order chi connectivity index (χ1) is 12.1. The number of nitrogens with zero attached hydrogens (tertiary/aromatic N) is 3. The second kappa shape index (κ2) is 7.29. The van der Waals surface area contributed by atoms with Gasteiger partial charge >= 0.3 is 6.09 Å². The topological polar surface area (TPSA) is 95.4 Å². The van der Waals surface area contributed by atoms with E-state index in [0.29, 0.717) is 23.5 Å². The van der Waals surface area contributed by atoms with Crippen molar-refractivity contribution in [1.29, 1.82) is 0 Å². The third kappa shape index (κ3) is 3.76. The zero-order valence-electron chi connectivity index (χ0n) is 13.9. The highest BCUT2D eigenvalue weighted by molar-refractivity contribution is 6.00. The van der Waals surface area contributed by atoms with Crippen LogP contribution in [0.25, 0.3) is 11.4 Å². The molecule has 0 aliphatic carbocycles. The largest absolute Gasteiger partial charge is 0.465 e. The fourth-order valence-electron chi connectivity index (χ4n) is 3.14. The van der Waals surface area contributed by atoms with Gasteiger partial charge in [0, 0.05) is 36.6 Å². The standard InChI is InChI=1S/C18H20N4O3/c1-12-7-8-13(21-18(24)25)11-22(12)17(23)15-6-3-2-5-14(15)16-19-9-4-10-20-16/h2-6,9-10,12-13,21H,7-8,11H2,1H3,(H,24,25)/t12-,13-/m1/s1. The first-order valence-electron chi connectivity index (χ1n) is 8.23. The monoisotopic (exact) mass is 340 g/mol. The first-order valence-corrected chi connectivity index (χ1v) is 8.23. The molecule has 3 rings (SSSR count). The van der Waals surface area contributed by atoms with Crippen molar-refractivity contribution in [2.45, 2.75) is 31.8 Å². The van der Waals surface area contributed by atoms with Crippen LogP contribution in [-0.4, -0.2) is 50.6 Å². The van der Waals surface area contributed by atoms with Gasteiger partial charge in [-0.25, -0.2) is 14.8 Å². The molecule has 2 N–H and O–H groups in total. The summed E-state index contributed by atoms with van der Waals surface area (Å²) >= 11 is 0. The maximum absolute atomic E-state index is 13.1. The lowest BCUT2D eigenvalue weighted by atomic mass is 9.97. The van der Waals surface area contributed by atoms with Crippen molar-refractivity contribution in [2.75, 3.05) is 6.54 Å². The van der Waals surface area contributed by atoms with Gasteiger partial charge in [-0.05, 0) is 31.9 Å². The first kappa shape index (κ1) is 16.9. The predicted octanol–water partition coefficient (Wildman–Crippen LogP) is 2.40. The van der Waals surface area contributed by atoms with Gasteiger partial charge in [-0.15, -0.1) is 0 Å². The maximum atomic E-state index is 13.1. The van der Waals surface area contributed by atoms with Gasteiger partial charge in [0.2, 0.25) is 0 Å². The summed E-state index contributed by atoms with van der Waals surface area (Å²) in [5.74, 6) is 0.365. The number of amides is 2. The van der Waals surface area contributed by atoms with Crippen LogP contribution < -0.4 is 5.32 Å². The van der Waals surface area contributed by atoms with Gasteiger partial charge in [-0.2, -0.15) is 0 Å². The average molecular weight is 340 g/mol. The van der Waals surface area contributed by atoms with E-state index < -0.39 is 6.09 Å². The third-order valence-corrected chi connectivity index (χ3v) is 4.43. The van der Waals surface area contributed by atoms with Crippen LogP contribution in [0.2, 0.25) is 0 Å². The Balaban J connectivity index is 1.89. The Morgan fingerprint density at radius 2 is 1.88 bits per heavy atom. The molecule has 25 heavy (non-hydrogen) atoms. The van der Waals surface area contributed by atoms with E-state index in [1.165, 1.54) is 0 Å². The molecule has 1 fully saturated rings. The third-order valence-electron chi connectivity index (χ3n) is 4.43. The summed E-state index contributed by atoms with van der Waals surface area (Å²) < 4.78 is 0. The molecule has 7 nitrogen and oxygen atoms in total. The molecule has 1 aliphatic rings. The number of rotatable bonds is 3. The second-order valence-electron chi connectivity index (χ2n) is 6.15. The van der Waals surface area contributed by atoms with E-state index in [4.69, 9.17) is 5.11 Å². The van der Waals surface area contributed by atoms with Crippen molar-refractivity contribution in [2.24, 2.45) is 0 Å². The molecule has 0 unspecified atom stereocenters. The van der Waals surface area contributed by atoms with E-state index >= 15 is 0 Å². The van der Waals surface area contributed by atoms with E-state index in [1.807, 2.05) is 19.1 Å². The summed E-state index contributed by atoms with van der Waals surface area (Å²) in [5, 5.41) is 11.4. The number of hydrogen-bond acceptors (Lipinski definition) is 4. The molecule has 7 heteroatoms. The smallest absolute Gasteiger partial charge is 0.404 e. The van der Waals surface area contributed by atoms with Crippen molar-refractivity contribution in [3.63, 3.8) is 0 Å². The van der Waals surface area contributed by atoms with Gasteiger partial charge in [-0.1, -0.05) is 18.2 Å². The fourth-order valence-corrected chi connectivity index (χ4v) is 3.14. The van der Waals surface area contributed by atoms with Gasteiger partial charge in [0.05, 0.1) is 5.56 Å². The van der Waals surface area contributed by atoms with Crippen LogP contribution in [-0.2, 0) is 0 Å². The molecule has 130 valence electrons. The van der Waals surface area contributed by atoms with E-state index in [-0.39, 0.29) is 18.0 Å². The van der Waals surface area contributed by atoms with Crippen molar-refractivity contribution in [3.8, 4) is 11.4 Å². The predicted molar refractivity (Wildman–Crippen MR) is 92.1 cm³/mol. The van der Waals surface area contributed by atoms with Crippen molar-refractivity contribution >= 4 is 12.0 Å². The molecular formula is C18H20N4O3. The van der Waals surface area contributed by atoms with Crippen molar-refractivity contribution < 1.29 is 14.7 Å². The molecule has 0 saturated carbocycles. The highest BCUT2D eigenvalue weighted by atomic mass is 16.4. The number of aromatic nitrogens is 2. The van der Waals surface area contributed by atoms with E-state index in [9.17, 15) is 9.59 Å². The van der Waals surface area contributed by atoms with Crippen LogP contribution in [0.5, 0.6) is 0 Å². The highest BCUT2D eigenvalue weighted by Gasteiger charge is 2.31. The van der Waals surface area contributed by atoms with Gasteiger partial charge in [0.1, 0.15) is 0 Å². The SMILES string of the molecule is C[C@@H]1CC[C@@H](NC(=O)O)CN1C(=O)c1ccccc1-c1ncccn1. The van der Waals surface area contributed by atoms with Gasteiger partial charge < -0.3 is 15.3 Å². The Kier molecular flexibility index (Phi) is 4.92. The molecule has 1 saturated heterocycles. The highest BCUT2D eigenvalue weighted by Crippen LogP contribution is 2.25. The van der Waals surface area contributed by atoms with Gasteiger partial charge in [0.15, 0.2) is 5.82 Å². The fraction of sp³-hybridized carbons (Fsp3) is 0.333. The number of carbonyl (C=O) groups excluding carboxylic acids is 1. The average Bonchev–Trinajstić information content (AvgIpc) is 2.63. The number of likely N-dealkylation sites (tertiary alicyclic amines) is 1. The molecule has 0 spiro atoms. The summed E-state index contributed by atoms with van der Waals surface area (Å²) in [6, 6.07) is 8.75. The zero-order chi connectivity index (χ0) is 17.8. The summed E-state index contributed by atoms with van der Waals surface area (Å²) in [5.41, 5.74) is 1.20. The number of carbonyl (C=O) groups is 2. The van der Waals surface area contributed by atoms with Crippen LogP contribution in [0, 0.1) is 0 Å².